The monoisotopic (exact) mass is 275 g/mol. The summed E-state index contributed by atoms with van der Waals surface area (Å²) in [6.45, 7) is 5.12. The fraction of sp³-hybridized carbons (Fsp3) is 0.467. The summed E-state index contributed by atoms with van der Waals surface area (Å²) in [6, 6.07) is 5.36. The van der Waals surface area contributed by atoms with Gasteiger partial charge in [-0.2, -0.15) is 0 Å². The molecule has 20 heavy (non-hydrogen) atoms. The number of hydrogen-bond acceptors (Lipinski definition) is 3. The van der Waals surface area contributed by atoms with E-state index in [0.29, 0.717) is 5.69 Å². The zero-order valence-corrected chi connectivity index (χ0v) is 12.1. The van der Waals surface area contributed by atoms with E-state index in [-0.39, 0.29) is 17.7 Å². The molecule has 1 unspecified atom stereocenters. The second-order valence-electron chi connectivity index (χ2n) is 5.72. The van der Waals surface area contributed by atoms with Crippen LogP contribution >= 0.6 is 0 Å². The standard InChI is InChI=1S/C15H21N3O2/c1-9-8-12(6-7-13(9)17-10(2)19)18-14(20)15(3,16)11-4-5-11/h6-8,11H,4-5,16H2,1-3H3,(H,17,19)(H,18,20). The number of nitrogens with two attached hydrogens (primary N) is 1. The molecule has 4 N–H and O–H groups in total. The minimum absolute atomic E-state index is 0.117. The number of nitrogens with one attached hydrogen (secondary N) is 2. The first-order chi connectivity index (χ1) is 9.30. The van der Waals surface area contributed by atoms with Gasteiger partial charge in [-0.05, 0) is 56.4 Å². The smallest absolute Gasteiger partial charge is 0.244 e. The lowest BCUT2D eigenvalue weighted by molar-refractivity contribution is -0.121. The highest BCUT2D eigenvalue weighted by atomic mass is 16.2. The van der Waals surface area contributed by atoms with Gasteiger partial charge in [0.1, 0.15) is 0 Å². The lowest BCUT2D eigenvalue weighted by Crippen LogP contribution is -2.50. The molecule has 108 valence electrons. The number of amides is 2. The molecule has 1 aliphatic rings. The lowest BCUT2D eigenvalue weighted by atomic mass is 9.96. The third-order valence-corrected chi connectivity index (χ3v) is 3.71. The van der Waals surface area contributed by atoms with Gasteiger partial charge in [0, 0.05) is 18.3 Å². The van der Waals surface area contributed by atoms with Crippen LogP contribution in [0, 0.1) is 12.8 Å². The Kier molecular flexibility index (Phi) is 3.81. The van der Waals surface area contributed by atoms with Crippen molar-refractivity contribution in [1.82, 2.24) is 0 Å². The molecule has 1 saturated carbocycles. The molecule has 5 nitrogen and oxygen atoms in total. The summed E-state index contributed by atoms with van der Waals surface area (Å²) >= 11 is 0. The molecule has 0 radical (unpaired) electrons. The maximum atomic E-state index is 12.2. The molecule has 5 heteroatoms. The Labute approximate surface area is 118 Å². The van der Waals surface area contributed by atoms with Crippen molar-refractivity contribution >= 4 is 23.2 Å². The normalized spacial score (nSPS) is 17.2. The highest BCUT2D eigenvalue weighted by molar-refractivity contribution is 5.98. The number of hydrogen-bond donors (Lipinski definition) is 3. The Morgan fingerprint density at radius 2 is 1.95 bits per heavy atom. The third-order valence-electron chi connectivity index (χ3n) is 3.71. The van der Waals surface area contributed by atoms with Crippen molar-refractivity contribution in [3.63, 3.8) is 0 Å². The first-order valence-electron chi connectivity index (χ1n) is 6.79. The lowest BCUT2D eigenvalue weighted by Gasteiger charge is -2.23. The molecule has 0 heterocycles. The van der Waals surface area contributed by atoms with Crippen molar-refractivity contribution in [1.29, 1.82) is 0 Å². The van der Waals surface area contributed by atoms with Gasteiger partial charge in [0.2, 0.25) is 11.8 Å². The predicted octanol–water partition coefficient (Wildman–Crippen LogP) is 2.02. The van der Waals surface area contributed by atoms with Crippen molar-refractivity contribution in [2.75, 3.05) is 10.6 Å². The molecule has 0 aromatic heterocycles. The van der Waals surface area contributed by atoms with E-state index in [1.54, 1.807) is 19.1 Å². The number of carbonyl (C=O) groups is 2. The van der Waals surface area contributed by atoms with Gasteiger partial charge in [0.25, 0.3) is 0 Å². The molecule has 1 aliphatic carbocycles. The summed E-state index contributed by atoms with van der Waals surface area (Å²) in [5, 5.41) is 5.58. The minimum atomic E-state index is -0.815. The fourth-order valence-electron chi connectivity index (χ4n) is 2.21. The largest absolute Gasteiger partial charge is 0.326 e. The second-order valence-corrected chi connectivity index (χ2v) is 5.72. The topological polar surface area (TPSA) is 84.2 Å². The van der Waals surface area contributed by atoms with Gasteiger partial charge in [-0.25, -0.2) is 0 Å². The Morgan fingerprint density at radius 3 is 2.45 bits per heavy atom. The van der Waals surface area contributed by atoms with Crippen molar-refractivity contribution in [3.8, 4) is 0 Å². The molecule has 1 fully saturated rings. The zero-order chi connectivity index (χ0) is 14.9. The second kappa shape index (κ2) is 5.25. The van der Waals surface area contributed by atoms with Crippen LogP contribution in [-0.4, -0.2) is 17.4 Å². The van der Waals surface area contributed by atoms with E-state index >= 15 is 0 Å². The van der Waals surface area contributed by atoms with Crippen molar-refractivity contribution < 1.29 is 9.59 Å². The van der Waals surface area contributed by atoms with Crippen LogP contribution in [0.3, 0.4) is 0 Å². The molecule has 1 atom stereocenters. The van der Waals surface area contributed by atoms with Gasteiger partial charge < -0.3 is 16.4 Å². The van der Waals surface area contributed by atoms with Crippen LogP contribution < -0.4 is 16.4 Å². The van der Waals surface area contributed by atoms with Crippen LogP contribution in [0.2, 0.25) is 0 Å². The number of carbonyl (C=O) groups excluding carboxylic acids is 2. The highest BCUT2D eigenvalue weighted by Gasteiger charge is 2.44. The van der Waals surface area contributed by atoms with E-state index < -0.39 is 5.54 Å². The first kappa shape index (κ1) is 14.5. The van der Waals surface area contributed by atoms with Crippen LogP contribution in [0.5, 0.6) is 0 Å². The van der Waals surface area contributed by atoms with Gasteiger partial charge in [-0.15, -0.1) is 0 Å². The molecule has 2 rings (SSSR count). The molecular formula is C15H21N3O2. The number of anilines is 2. The Balaban J connectivity index is 2.08. The number of aryl methyl sites for hydroxylation is 1. The van der Waals surface area contributed by atoms with E-state index in [1.165, 1.54) is 6.92 Å². The average molecular weight is 275 g/mol. The summed E-state index contributed by atoms with van der Waals surface area (Å²) < 4.78 is 0. The average Bonchev–Trinajstić information content (AvgIpc) is 3.16. The van der Waals surface area contributed by atoms with Gasteiger partial charge >= 0.3 is 0 Å². The van der Waals surface area contributed by atoms with E-state index in [1.807, 2.05) is 13.0 Å². The van der Waals surface area contributed by atoms with E-state index in [2.05, 4.69) is 10.6 Å². The molecular weight excluding hydrogens is 254 g/mol. The Hall–Kier alpha value is -1.88. The molecule has 1 aromatic carbocycles. The first-order valence-corrected chi connectivity index (χ1v) is 6.79. The Morgan fingerprint density at radius 1 is 1.30 bits per heavy atom. The molecule has 0 spiro atoms. The Bertz CT molecular complexity index is 548. The molecule has 0 bridgehead atoms. The fourth-order valence-corrected chi connectivity index (χ4v) is 2.21. The van der Waals surface area contributed by atoms with Crippen LogP contribution in [0.4, 0.5) is 11.4 Å². The molecule has 0 saturated heterocycles. The molecule has 1 aromatic rings. The SMILES string of the molecule is CC(=O)Nc1ccc(NC(=O)C(C)(N)C2CC2)cc1C. The summed E-state index contributed by atoms with van der Waals surface area (Å²) in [5.41, 5.74) is 7.59. The maximum absolute atomic E-state index is 12.2. The number of benzene rings is 1. The summed E-state index contributed by atoms with van der Waals surface area (Å²) in [6.07, 6.45) is 2.03. The minimum Gasteiger partial charge on any atom is -0.326 e. The molecule has 2 amide bonds. The van der Waals surface area contributed by atoms with Gasteiger partial charge in [-0.3, -0.25) is 9.59 Å². The summed E-state index contributed by atoms with van der Waals surface area (Å²) in [5.74, 6) is 0.00193. The van der Waals surface area contributed by atoms with E-state index in [0.717, 1.165) is 24.1 Å². The van der Waals surface area contributed by atoms with Crippen LogP contribution in [0.15, 0.2) is 18.2 Å². The zero-order valence-electron chi connectivity index (χ0n) is 12.1. The predicted molar refractivity (Wildman–Crippen MR) is 79.4 cm³/mol. The van der Waals surface area contributed by atoms with Crippen LogP contribution in [0.1, 0.15) is 32.3 Å². The summed E-state index contributed by atoms with van der Waals surface area (Å²) in [4.78, 5) is 23.2. The quantitative estimate of drug-likeness (QED) is 0.786. The van der Waals surface area contributed by atoms with Crippen LogP contribution in [-0.2, 0) is 9.59 Å². The molecule has 0 aliphatic heterocycles. The van der Waals surface area contributed by atoms with Gasteiger partial charge in [-0.1, -0.05) is 0 Å². The van der Waals surface area contributed by atoms with E-state index in [4.69, 9.17) is 5.73 Å². The summed E-state index contributed by atoms with van der Waals surface area (Å²) in [7, 11) is 0. The van der Waals surface area contributed by atoms with Gasteiger partial charge in [0.15, 0.2) is 0 Å². The third kappa shape index (κ3) is 3.17. The number of rotatable bonds is 4. The van der Waals surface area contributed by atoms with Crippen molar-refractivity contribution in [3.05, 3.63) is 23.8 Å². The highest BCUT2D eigenvalue weighted by Crippen LogP contribution is 2.38. The maximum Gasteiger partial charge on any atom is 0.244 e. The van der Waals surface area contributed by atoms with Crippen molar-refractivity contribution in [2.24, 2.45) is 11.7 Å². The van der Waals surface area contributed by atoms with Crippen LogP contribution in [0.25, 0.3) is 0 Å². The van der Waals surface area contributed by atoms with Crippen molar-refractivity contribution in [2.45, 2.75) is 39.2 Å². The van der Waals surface area contributed by atoms with E-state index in [9.17, 15) is 9.59 Å². The van der Waals surface area contributed by atoms with Gasteiger partial charge in [0.05, 0.1) is 5.54 Å².